The summed E-state index contributed by atoms with van der Waals surface area (Å²) in [7, 11) is -7.27. The molecule has 6 aromatic carbocycles. The average Bonchev–Trinajstić information content (AvgIpc) is 3.11. The molecule has 0 unspecified atom stereocenters. The van der Waals surface area contributed by atoms with Gasteiger partial charge in [0, 0.05) is 14.7 Å². The third-order valence-electron chi connectivity index (χ3n) is 10.3. The van der Waals surface area contributed by atoms with Crippen LogP contribution in [0.5, 0.6) is 0 Å². The first kappa shape index (κ1) is 36.2. The van der Waals surface area contributed by atoms with Crippen LogP contribution < -0.4 is 47.0 Å². The van der Waals surface area contributed by atoms with E-state index in [1.807, 2.05) is 0 Å². The minimum atomic E-state index is -2.07. The number of rotatable bonds is 9. The summed E-state index contributed by atoms with van der Waals surface area (Å²) in [5.74, 6) is 0. The van der Waals surface area contributed by atoms with E-state index in [1.54, 1.807) is 0 Å². The molecular formula is C42H45PS3Si3. The molecule has 248 valence electrons. The third-order valence-corrected chi connectivity index (χ3v) is 26.1. The lowest BCUT2D eigenvalue weighted by Gasteiger charge is -2.33. The van der Waals surface area contributed by atoms with Gasteiger partial charge in [-0.1, -0.05) is 200 Å². The lowest BCUT2D eigenvalue weighted by atomic mass is 10.3. The molecule has 0 heterocycles. The number of thiol groups is 3. The van der Waals surface area contributed by atoms with E-state index >= 15 is 0 Å². The van der Waals surface area contributed by atoms with Crippen LogP contribution in [-0.2, 0) is 0 Å². The van der Waals surface area contributed by atoms with Crippen LogP contribution in [0.1, 0.15) is 0 Å². The van der Waals surface area contributed by atoms with Crippen LogP contribution >= 0.6 is 45.8 Å². The lowest BCUT2D eigenvalue weighted by molar-refractivity contribution is 1.53. The van der Waals surface area contributed by atoms with E-state index in [4.69, 9.17) is 37.9 Å². The Kier molecular flexibility index (Phi) is 10.8. The maximum Gasteiger partial charge on any atom is 0.113 e. The maximum atomic E-state index is 5.46. The molecule has 0 spiro atoms. The molecule has 7 heteroatoms. The predicted molar refractivity (Wildman–Crippen MR) is 236 cm³/mol. The van der Waals surface area contributed by atoms with Gasteiger partial charge in [0.05, 0.1) is 0 Å². The van der Waals surface area contributed by atoms with Crippen LogP contribution in [0, 0.1) is 0 Å². The number of benzene rings is 6. The summed E-state index contributed by atoms with van der Waals surface area (Å²) in [5, 5.41) is 12.1. The van der Waals surface area contributed by atoms with Crippen LogP contribution in [0.4, 0.5) is 0 Å². The van der Waals surface area contributed by atoms with Gasteiger partial charge in [-0.25, -0.2) is 0 Å². The SMILES string of the molecule is C[Si](C)(c1ccccc1)c1cccc(P(c2cccc([Si](C)(C)c3ccccc3)c2S)c2cccc([Si](C)(C)c3ccccc3)c2S)c1S. The molecule has 0 aliphatic heterocycles. The highest BCUT2D eigenvalue weighted by Gasteiger charge is 2.35. The molecule has 0 aliphatic carbocycles. The molecule has 0 saturated carbocycles. The summed E-state index contributed by atoms with van der Waals surface area (Å²) < 4.78 is 0. The van der Waals surface area contributed by atoms with Crippen molar-refractivity contribution in [1.29, 1.82) is 0 Å². The Morgan fingerprint density at radius 1 is 0.327 bits per heavy atom. The van der Waals surface area contributed by atoms with Gasteiger partial charge >= 0.3 is 0 Å². The second-order valence-electron chi connectivity index (χ2n) is 14.3. The summed E-state index contributed by atoms with van der Waals surface area (Å²) in [6, 6.07) is 53.6. The zero-order chi connectivity index (χ0) is 35.0. The first-order valence-corrected chi connectivity index (χ1v) is 28.5. The monoisotopic (exact) mass is 760 g/mol. The van der Waals surface area contributed by atoms with Crippen molar-refractivity contribution < 1.29 is 0 Å². The van der Waals surface area contributed by atoms with E-state index in [-0.39, 0.29) is 0 Å². The van der Waals surface area contributed by atoms with E-state index in [0.717, 1.165) is 14.7 Å². The van der Waals surface area contributed by atoms with Crippen molar-refractivity contribution in [3.05, 3.63) is 146 Å². The summed E-state index contributed by atoms with van der Waals surface area (Å²) in [6.07, 6.45) is 0. The highest BCUT2D eigenvalue weighted by molar-refractivity contribution is 7.87. The number of hydrogen-bond acceptors (Lipinski definition) is 3. The van der Waals surface area contributed by atoms with Crippen molar-refractivity contribution in [1.82, 2.24) is 0 Å². The third kappa shape index (κ3) is 6.91. The van der Waals surface area contributed by atoms with Gasteiger partial charge < -0.3 is 0 Å². The fourth-order valence-corrected chi connectivity index (χ4v) is 21.5. The average molecular weight is 761 g/mol. The quantitative estimate of drug-likeness (QED) is 0.0809. The fraction of sp³-hybridized carbons (Fsp3) is 0.143. The highest BCUT2D eigenvalue weighted by Crippen LogP contribution is 2.39. The molecule has 0 nitrogen and oxygen atoms in total. The predicted octanol–water partition coefficient (Wildman–Crippen LogP) is 6.78. The standard InChI is InChI=1S/C42H45PS3Si3/c1-47(2,31-19-10-7-11-20-31)37-28-16-25-34(40(37)44)43(35-26-17-29-38(41(35)45)48(3,4)32-21-12-8-13-22-32)36-27-18-30-39(42(36)46)49(5,6)33-23-14-9-15-24-33/h7-30,44-46H,1-6H3. The molecule has 0 radical (unpaired) electrons. The normalized spacial score (nSPS) is 12.4. The smallest absolute Gasteiger partial charge is 0.113 e. The van der Waals surface area contributed by atoms with E-state index in [0.29, 0.717) is 0 Å². The van der Waals surface area contributed by atoms with Crippen LogP contribution in [0.3, 0.4) is 0 Å². The molecule has 6 aromatic rings. The minimum absolute atomic E-state index is 1.07. The first-order valence-electron chi connectivity index (χ1n) is 16.8. The van der Waals surface area contributed by atoms with Gasteiger partial charge in [0.1, 0.15) is 24.2 Å². The molecule has 0 bridgehead atoms. The second-order valence-corrected chi connectivity index (χ2v) is 30.9. The molecule has 0 saturated heterocycles. The van der Waals surface area contributed by atoms with Crippen LogP contribution in [0.25, 0.3) is 0 Å². The minimum Gasteiger partial charge on any atom is -0.143 e. The van der Waals surface area contributed by atoms with Crippen molar-refractivity contribution in [2.24, 2.45) is 0 Å². The molecule has 6 rings (SSSR count). The van der Waals surface area contributed by atoms with E-state index < -0.39 is 32.1 Å². The van der Waals surface area contributed by atoms with Gasteiger partial charge in [-0.15, -0.1) is 37.9 Å². The van der Waals surface area contributed by atoms with Gasteiger partial charge in [0.25, 0.3) is 0 Å². The van der Waals surface area contributed by atoms with Crippen LogP contribution in [-0.4, -0.2) is 24.2 Å². The maximum absolute atomic E-state index is 5.46. The molecule has 0 fully saturated rings. The fourth-order valence-electron chi connectivity index (χ4n) is 7.07. The lowest BCUT2D eigenvalue weighted by Crippen LogP contribution is -2.55. The summed E-state index contributed by atoms with van der Waals surface area (Å²) >= 11 is 16.4. The molecule has 49 heavy (non-hydrogen) atoms. The molecule has 0 N–H and O–H groups in total. The van der Waals surface area contributed by atoms with Gasteiger partial charge in [0.2, 0.25) is 0 Å². The van der Waals surface area contributed by atoms with Crippen molar-refractivity contribution >= 4 is 117 Å². The molecule has 0 amide bonds. The molecule has 0 aromatic heterocycles. The number of hydrogen-bond donors (Lipinski definition) is 3. The second kappa shape index (κ2) is 14.6. The van der Waals surface area contributed by atoms with Gasteiger partial charge in [0.15, 0.2) is 0 Å². The Morgan fingerprint density at radius 3 is 0.816 bits per heavy atom. The van der Waals surface area contributed by atoms with Gasteiger partial charge in [-0.05, 0) is 39.4 Å². The van der Waals surface area contributed by atoms with Crippen molar-refractivity contribution in [3.63, 3.8) is 0 Å². The van der Waals surface area contributed by atoms with Crippen molar-refractivity contribution in [3.8, 4) is 0 Å². The van der Waals surface area contributed by atoms with Crippen LogP contribution in [0.2, 0.25) is 39.3 Å². The topological polar surface area (TPSA) is 0 Å². The van der Waals surface area contributed by atoms with E-state index in [2.05, 4.69) is 185 Å². The Morgan fingerprint density at radius 2 is 0.571 bits per heavy atom. The first-order chi connectivity index (χ1) is 23.4. The molecular weight excluding hydrogens is 716 g/mol. The Labute approximate surface area is 314 Å². The zero-order valence-corrected chi connectivity index (χ0v) is 35.7. The van der Waals surface area contributed by atoms with Gasteiger partial charge in [-0.3, -0.25) is 0 Å². The van der Waals surface area contributed by atoms with Crippen LogP contribution in [0.15, 0.2) is 160 Å². The van der Waals surface area contributed by atoms with E-state index in [1.165, 1.54) is 47.0 Å². The molecule has 0 aliphatic rings. The molecule has 0 atom stereocenters. The summed E-state index contributed by atoms with van der Waals surface area (Å²) in [6.45, 7) is 14.7. The Balaban J connectivity index is 1.61. The van der Waals surface area contributed by atoms with Crippen molar-refractivity contribution in [2.75, 3.05) is 0 Å². The summed E-state index contributed by atoms with van der Waals surface area (Å²) in [4.78, 5) is 3.30. The van der Waals surface area contributed by atoms with Gasteiger partial charge in [-0.2, -0.15) is 0 Å². The highest BCUT2D eigenvalue weighted by atomic mass is 32.1. The Bertz CT molecular complexity index is 1840. The zero-order valence-electron chi connectivity index (χ0n) is 29.1. The largest absolute Gasteiger partial charge is 0.143 e. The van der Waals surface area contributed by atoms with Crippen molar-refractivity contribution in [2.45, 2.75) is 54.0 Å². The summed E-state index contributed by atoms with van der Waals surface area (Å²) in [5.41, 5.74) is 0. The van der Waals surface area contributed by atoms with E-state index in [9.17, 15) is 0 Å². The Hall–Kier alpha value is -2.55.